The number of aliphatic hydroxyl groups excluding tert-OH is 1. The van der Waals surface area contributed by atoms with Crippen molar-refractivity contribution in [3.8, 4) is 6.07 Å². The van der Waals surface area contributed by atoms with Crippen molar-refractivity contribution in [2.24, 2.45) is 0 Å². The molecule has 1 heterocycles. The molecule has 0 atom stereocenters. The SMILES string of the molecule is Cc1ccc(C#N)cc1S(=O)(=O)N1CCN(CCO)CC1. The van der Waals surface area contributed by atoms with E-state index in [-0.39, 0.29) is 11.5 Å². The lowest BCUT2D eigenvalue weighted by Gasteiger charge is -2.33. The predicted molar refractivity (Wildman–Crippen MR) is 78.2 cm³/mol. The summed E-state index contributed by atoms with van der Waals surface area (Å²) in [6, 6.07) is 6.69. The van der Waals surface area contributed by atoms with Crippen LogP contribution >= 0.6 is 0 Å². The first kappa shape index (κ1) is 15.9. The molecule has 1 aromatic carbocycles. The summed E-state index contributed by atoms with van der Waals surface area (Å²) in [5.41, 5.74) is 0.991. The molecule has 0 spiro atoms. The predicted octanol–water partition coefficient (Wildman–Crippen LogP) is 0.165. The lowest BCUT2D eigenvalue weighted by atomic mass is 10.2. The molecular weight excluding hydrogens is 290 g/mol. The van der Waals surface area contributed by atoms with Gasteiger partial charge in [0.2, 0.25) is 10.0 Å². The normalized spacial score (nSPS) is 17.6. The van der Waals surface area contributed by atoms with E-state index < -0.39 is 10.0 Å². The first-order chi connectivity index (χ1) is 9.98. The van der Waals surface area contributed by atoms with E-state index in [0.717, 1.165) is 0 Å². The number of aryl methyl sites for hydroxylation is 1. The lowest BCUT2D eigenvalue weighted by Crippen LogP contribution is -2.49. The van der Waals surface area contributed by atoms with E-state index in [9.17, 15) is 8.42 Å². The number of nitriles is 1. The molecule has 0 amide bonds. The van der Waals surface area contributed by atoms with Gasteiger partial charge in [-0.15, -0.1) is 0 Å². The van der Waals surface area contributed by atoms with E-state index >= 15 is 0 Å². The highest BCUT2D eigenvalue weighted by Gasteiger charge is 2.29. The molecule has 0 unspecified atom stereocenters. The first-order valence-corrected chi connectivity index (χ1v) is 8.27. The zero-order chi connectivity index (χ0) is 15.5. The third kappa shape index (κ3) is 3.41. The van der Waals surface area contributed by atoms with E-state index in [4.69, 9.17) is 10.4 Å². The highest BCUT2D eigenvalue weighted by molar-refractivity contribution is 7.89. The van der Waals surface area contributed by atoms with E-state index in [0.29, 0.717) is 43.9 Å². The number of nitrogens with zero attached hydrogens (tertiary/aromatic N) is 3. The maximum atomic E-state index is 12.7. The topological polar surface area (TPSA) is 84.6 Å². The van der Waals surface area contributed by atoms with Crippen LogP contribution in [-0.4, -0.2) is 62.1 Å². The molecule has 0 saturated carbocycles. The Morgan fingerprint density at radius 2 is 1.95 bits per heavy atom. The molecule has 21 heavy (non-hydrogen) atoms. The van der Waals surface area contributed by atoms with Crippen LogP contribution in [0.25, 0.3) is 0 Å². The van der Waals surface area contributed by atoms with E-state index in [1.54, 1.807) is 19.1 Å². The Hall–Kier alpha value is -1.46. The second-order valence-electron chi connectivity index (χ2n) is 5.06. The van der Waals surface area contributed by atoms with Gasteiger partial charge in [-0.05, 0) is 24.6 Å². The lowest BCUT2D eigenvalue weighted by molar-refractivity contribution is 0.151. The highest BCUT2D eigenvalue weighted by atomic mass is 32.2. The molecule has 1 N–H and O–H groups in total. The average molecular weight is 309 g/mol. The molecule has 1 fully saturated rings. The van der Waals surface area contributed by atoms with Gasteiger partial charge in [0.25, 0.3) is 0 Å². The van der Waals surface area contributed by atoms with Crippen LogP contribution in [0.15, 0.2) is 23.1 Å². The zero-order valence-electron chi connectivity index (χ0n) is 12.0. The summed E-state index contributed by atoms with van der Waals surface area (Å²) in [6.45, 7) is 4.40. The van der Waals surface area contributed by atoms with Crippen LogP contribution in [0.1, 0.15) is 11.1 Å². The Kier molecular flexibility index (Phi) is 4.96. The molecule has 0 radical (unpaired) electrons. The van der Waals surface area contributed by atoms with Crippen molar-refractivity contribution in [1.82, 2.24) is 9.21 Å². The van der Waals surface area contributed by atoms with Crippen LogP contribution in [-0.2, 0) is 10.0 Å². The maximum Gasteiger partial charge on any atom is 0.243 e. The van der Waals surface area contributed by atoms with Crippen LogP contribution in [0.3, 0.4) is 0 Å². The molecule has 7 heteroatoms. The van der Waals surface area contributed by atoms with Crippen LogP contribution in [0, 0.1) is 18.3 Å². The van der Waals surface area contributed by atoms with E-state index in [1.807, 2.05) is 11.0 Å². The number of benzene rings is 1. The molecule has 0 bridgehead atoms. The molecule has 0 aromatic heterocycles. The van der Waals surface area contributed by atoms with Crippen LogP contribution in [0.4, 0.5) is 0 Å². The summed E-state index contributed by atoms with van der Waals surface area (Å²) < 4.78 is 26.8. The number of hydrogen-bond acceptors (Lipinski definition) is 5. The van der Waals surface area contributed by atoms with Crippen molar-refractivity contribution in [2.45, 2.75) is 11.8 Å². The van der Waals surface area contributed by atoms with E-state index in [1.165, 1.54) is 10.4 Å². The van der Waals surface area contributed by atoms with Gasteiger partial charge in [-0.25, -0.2) is 8.42 Å². The number of piperazine rings is 1. The molecule has 2 rings (SSSR count). The molecule has 1 saturated heterocycles. The van der Waals surface area contributed by atoms with Crippen LogP contribution in [0.5, 0.6) is 0 Å². The summed E-state index contributed by atoms with van der Waals surface area (Å²) >= 11 is 0. The summed E-state index contributed by atoms with van der Waals surface area (Å²) in [7, 11) is -3.57. The summed E-state index contributed by atoms with van der Waals surface area (Å²) in [5.74, 6) is 0. The van der Waals surface area contributed by atoms with Gasteiger partial charge in [-0.1, -0.05) is 6.07 Å². The van der Waals surface area contributed by atoms with Crippen molar-refractivity contribution in [1.29, 1.82) is 5.26 Å². The third-order valence-electron chi connectivity index (χ3n) is 3.68. The van der Waals surface area contributed by atoms with Crippen molar-refractivity contribution in [2.75, 3.05) is 39.3 Å². The molecule has 1 aliphatic heterocycles. The van der Waals surface area contributed by atoms with Gasteiger partial charge in [-0.3, -0.25) is 4.90 Å². The molecule has 6 nitrogen and oxygen atoms in total. The Morgan fingerprint density at radius 1 is 1.29 bits per heavy atom. The Labute approximate surface area is 125 Å². The minimum Gasteiger partial charge on any atom is -0.395 e. The third-order valence-corrected chi connectivity index (χ3v) is 5.72. The van der Waals surface area contributed by atoms with Gasteiger partial charge in [-0.2, -0.15) is 9.57 Å². The van der Waals surface area contributed by atoms with Crippen LogP contribution in [0.2, 0.25) is 0 Å². The molecule has 0 aliphatic carbocycles. The highest BCUT2D eigenvalue weighted by Crippen LogP contribution is 2.22. The average Bonchev–Trinajstić information content (AvgIpc) is 2.48. The fourth-order valence-corrected chi connectivity index (χ4v) is 4.09. The molecule has 1 aromatic rings. The summed E-state index contributed by atoms with van der Waals surface area (Å²) in [6.07, 6.45) is 0. The summed E-state index contributed by atoms with van der Waals surface area (Å²) in [4.78, 5) is 2.24. The Bertz CT molecular complexity index is 644. The number of sulfonamides is 1. The van der Waals surface area contributed by atoms with Crippen molar-refractivity contribution >= 4 is 10.0 Å². The van der Waals surface area contributed by atoms with Crippen molar-refractivity contribution < 1.29 is 13.5 Å². The fourth-order valence-electron chi connectivity index (χ4n) is 2.42. The maximum absolute atomic E-state index is 12.7. The minimum atomic E-state index is -3.57. The number of rotatable bonds is 4. The molecular formula is C14H19N3O3S. The fraction of sp³-hybridized carbons (Fsp3) is 0.500. The van der Waals surface area contributed by atoms with Gasteiger partial charge in [0.15, 0.2) is 0 Å². The largest absolute Gasteiger partial charge is 0.395 e. The van der Waals surface area contributed by atoms with Gasteiger partial charge < -0.3 is 5.11 Å². The zero-order valence-corrected chi connectivity index (χ0v) is 12.8. The monoisotopic (exact) mass is 309 g/mol. The van der Waals surface area contributed by atoms with Crippen molar-refractivity contribution in [3.63, 3.8) is 0 Å². The second kappa shape index (κ2) is 6.54. The van der Waals surface area contributed by atoms with Gasteiger partial charge in [0.05, 0.1) is 23.1 Å². The quantitative estimate of drug-likeness (QED) is 0.857. The molecule has 1 aliphatic rings. The molecule has 114 valence electrons. The number of hydrogen-bond donors (Lipinski definition) is 1. The van der Waals surface area contributed by atoms with E-state index in [2.05, 4.69) is 0 Å². The smallest absolute Gasteiger partial charge is 0.243 e. The number of β-amino-alcohol motifs (C(OH)–C–C–N with tert-alkyl or cyclic N) is 1. The van der Waals surface area contributed by atoms with Gasteiger partial charge >= 0.3 is 0 Å². The first-order valence-electron chi connectivity index (χ1n) is 6.83. The van der Waals surface area contributed by atoms with Gasteiger partial charge in [0, 0.05) is 32.7 Å². The van der Waals surface area contributed by atoms with Gasteiger partial charge in [0.1, 0.15) is 0 Å². The standard InChI is InChI=1S/C14H19N3O3S/c1-12-2-3-13(11-15)10-14(12)21(19,20)17-6-4-16(5-7-17)8-9-18/h2-3,10,18H,4-9H2,1H3. The van der Waals surface area contributed by atoms with Crippen LogP contribution < -0.4 is 0 Å². The number of aliphatic hydroxyl groups is 1. The Morgan fingerprint density at radius 3 is 2.52 bits per heavy atom. The Balaban J connectivity index is 2.22. The van der Waals surface area contributed by atoms with Crippen molar-refractivity contribution in [3.05, 3.63) is 29.3 Å². The minimum absolute atomic E-state index is 0.0794. The second-order valence-corrected chi connectivity index (χ2v) is 6.97. The summed E-state index contributed by atoms with van der Waals surface area (Å²) in [5, 5.41) is 17.8.